The first kappa shape index (κ1) is 13.3. The van der Waals surface area contributed by atoms with Crippen LogP contribution in [0.5, 0.6) is 0 Å². The molecular weight excluding hydrogens is 321 g/mol. The highest BCUT2D eigenvalue weighted by Crippen LogP contribution is 2.35. The smallest absolute Gasteiger partial charge is 0.0130 e. The van der Waals surface area contributed by atoms with E-state index in [0.717, 1.165) is 24.3 Å². The summed E-state index contributed by atoms with van der Waals surface area (Å²) in [5.41, 5.74) is 7.39. The van der Waals surface area contributed by atoms with Gasteiger partial charge in [0.15, 0.2) is 0 Å². The molecule has 0 bridgehead atoms. The number of rotatable bonds is 3. The Morgan fingerprint density at radius 1 is 1.18 bits per heavy atom. The molecule has 2 rings (SSSR count). The molecule has 1 aromatic rings. The highest BCUT2D eigenvalue weighted by molar-refractivity contribution is 14.1. The van der Waals surface area contributed by atoms with Gasteiger partial charge in [-0.3, -0.25) is 0 Å². The van der Waals surface area contributed by atoms with Gasteiger partial charge in [0.1, 0.15) is 0 Å². The van der Waals surface area contributed by atoms with Crippen molar-refractivity contribution >= 4 is 22.6 Å². The predicted molar refractivity (Wildman–Crippen MR) is 81.9 cm³/mol. The monoisotopic (exact) mass is 343 g/mol. The Hall–Kier alpha value is -0.0900. The molecule has 0 aromatic heterocycles. The minimum absolute atomic E-state index is 0.741. The second-order valence-corrected chi connectivity index (χ2v) is 6.75. The topological polar surface area (TPSA) is 26.0 Å². The minimum Gasteiger partial charge on any atom is -0.330 e. The van der Waals surface area contributed by atoms with Crippen molar-refractivity contribution in [2.24, 2.45) is 23.5 Å². The molecule has 0 heterocycles. The lowest BCUT2D eigenvalue weighted by molar-refractivity contribution is 0.193. The third kappa shape index (κ3) is 3.68. The van der Waals surface area contributed by atoms with E-state index in [2.05, 4.69) is 53.8 Å². The molecule has 0 spiro atoms. The van der Waals surface area contributed by atoms with Crippen molar-refractivity contribution in [3.63, 3.8) is 0 Å². The number of hydrogen-bond donors (Lipinski definition) is 1. The Bertz CT molecular complexity index is 346. The summed E-state index contributed by atoms with van der Waals surface area (Å²) in [4.78, 5) is 0. The van der Waals surface area contributed by atoms with Crippen molar-refractivity contribution in [1.82, 2.24) is 0 Å². The van der Waals surface area contributed by atoms with E-state index >= 15 is 0 Å². The second kappa shape index (κ2) is 6.19. The number of halogens is 1. The van der Waals surface area contributed by atoms with Crippen molar-refractivity contribution in [3.8, 4) is 0 Å². The Kier molecular flexibility index (Phi) is 4.86. The van der Waals surface area contributed by atoms with Gasteiger partial charge in [0.05, 0.1) is 0 Å². The van der Waals surface area contributed by atoms with Crippen LogP contribution in [0.3, 0.4) is 0 Å². The Balaban J connectivity index is 2.02. The molecule has 17 heavy (non-hydrogen) atoms. The van der Waals surface area contributed by atoms with Crippen LogP contribution in [0.15, 0.2) is 24.3 Å². The summed E-state index contributed by atoms with van der Waals surface area (Å²) in [7, 11) is 0. The zero-order valence-electron chi connectivity index (χ0n) is 10.5. The van der Waals surface area contributed by atoms with E-state index < -0.39 is 0 Å². The standard InChI is InChI=1S/C15H22IN/c1-11-2-5-13(10-17)14(8-11)9-12-3-6-15(16)7-4-12/h3-4,6-7,11,13-14H,2,5,8-10,17H2,1H3. The summed E-state index contributed by atoms with van der Waals surface area (Å²) >= 11 is 2.36. The lowest BCUT2D eigenvalue weighted by atomic mass is 9.72. The molecule has 1 aliphatic rings. The second-order valence-electron chi connectivity index (χ2n) is 5.50. The molecule has 1 nitrogen and oxygen atoms in total. The van der Waals surface area contributed by atoms with Crippen LogP contribution in [0.25, 0.3) is 0 Å². The molecular formula is C15H22IN. The summed E-state index contributed by atoms with van der Waals surface area (Å²) in [6.45, 7) is 3.25. The molecule has 94 valence electrons. The first-order chi connectivity index (χ1) is 8.19. The molecule has 2 heteroatoms. The van der Waals surface area contributed by atoms with Gasteiger partial charge in [-0.1, -0.05) is 25.5 Å². The van der Waals surface area contributed by atoms with Crippen LogP contribution in [-0.4, -0.2) is 6.54 Å². The largest absolute Gasteiger partial charge is 0.330 e. The van der Waals surface area contributed by atoms with E-state index in [0.29, 0.717) is 0 Å². The number of nitrogens with two attached hydrogens (primary N) is 1. The molecule has 1 aromatic carbocycles. The SMILES string of the molecule is CC1CCC(CN)C(Cc2ccc(I)cc2)C1. The average molecular weight is 343 g/mol. The molecule has 3 unspecified atom stereocenters. The van der Waals surface area contributed by atoms with Crippen LogP contribution in [-0.2, 0) is 6.42 Å². The van der Waals surface area contributed by atoms with E-state index in [-0.39, 0.29) is 0 Å². The molecule has 2 N–H and O–H groups in total. The van der Waals surface area contributed by atoms with E-state index in [4.69, 9.17) is 5.73 Å². The number of benzene rings is 1. The Morgan fingerprint density at radius 3 is 2.53 bits per heavy atom. The van der Waals surface area contributed by atoms with Crippen LogP contribution in [0, 0.1) is 21.3 Å². The number of hydrogen-bond acceptors (Lipinski definition) is 1. The summed E-state index contributed by atoms with van der Waals surface area (Å²) < 4.78 is 1.32. The highest BCUT2D eigenvalue weighted by atomic mass is 127. The van der Waals surface area contributed by atoms with Gasteiger partial charge in [0.2, 0.25) is 0 Å². The minimum atomic E-state index is 0.741. The van der Waals surface area contributed by atoms with Crippen LogP contribution < -0.4 is 5.73 Å². The van der Waals surface area contributed by atoms with Crippen molar-refractivity contribution in [3.05, 3.63) is 33.4 Å². The van der Waals surface area contributed by atoms with Gasteiger partial charge in [-0.2, -0.15) is 0 Å². The van der Waals surface area contributed by atoms with Gasteiger partial charge in [-0.15, -0.1) is 0 Å². The van der Waals surface area contributed by atoms with Gasteiger partial charge >= 0.3 is 0 Å². The van der Waals surface area contributed by atoms with Gasteiger partial charge < -0.3 is 5.73 Å². The third-order valence-electron chi connectivity index (χ3n) is 4.12. The Morgan fingerprint density at radius 2 is 1.88 bits per heavy atom. The lowest BCUT2D eigenvalue weighted by Gasteiger charge is -2.34. The first-order valence-electron chi connectivity index (χ1n) is 6.63. The maximum atomic E-state index is 5.92. The molecule has 1 saturated carbocycles. The summed E-state index contributed by atoms with van der Waals surface area (Å²) in [6.07, 6.45) is 5.26. The fourth-order valence-electron chi connectivity index (χ4n) is 3.04. The third-order valence-corrected chi connectivity index (χ3v) is 4.84. The zero-order valence-corrected chi connectivity index (χ0v) is 12.7. The van der Waals surface area contributed by atoms with Crippen LogP contribution in [0.1, 0.15) is 31.7 Å². The quantitative estimate of drug-likeness (QED) is 0.829. The molecule has 0 amide bonds. The molecule has 0 radical (unpaired) electrons. The van der Waals surface area contributed by atoms with Gasteiger partial charge in [0.25, 0.3) is 0 Å². The van der Waals surface area contributed by atoms with Gasteiger partial charge in [0, 0.05) is 3.57 Å². The fraction of sp³-hybridized carbons (Fsp3) is 0.600. The van der Waals surface area contributed by atoms with Crippen molar-refractivity contribution in [1.29, 1.82) is 0 Å². The molecule has 0 saturated heterocycles. The predicted octanol–water partition coefficient (Wildman–Crippen LogP) is 3.84. The van der Waals surface area contributed by atoms with Crippen LogP contribution >= 0.6 is 22.6 Å². The van der Waals surface area contributed by atoms with Gasteiger partial charge in [-0.25, -0.2) is 0 Å². The van der Waals surface area contributed by atoms with Crippen LogP contribution in [0.2, 0.25) is 0 Å². The van der Waals surface area contributed by atoms with Crippen LogP contribution in [0.4, 0.5) is 0 Å². The fourth-order valence-corrected chi connectivity index (χ4v) is 3.40. The van der Waals surface area contributed by atoms with E-state index in [1.807, 2.05) is 0 Å². The molecule has 3 atom stereocenters. The maximum absolute atomic E-state index is 5.92. The Labute approximate surface area is 118 Å². The first-order valence-corrected chi connectivity index (χ1v) is 7.71. The summed E-state index contributed by atoms with van der Waals surface area (Å²) in [5.74, 6) is 2.42. The van der Waals surface area contributed by atoms with E-state index in [1.165, 1.54) is 34.8 Å². The van der Waals surface area contributed by atoms with E-state index in [1.54, 1.807) is 0 Å². The highest BCUT2D eigenvalue weighted by Gasteiger charge is 2.27. The zero-order chi connectivity index (χ0) is 12.3. The van der Waals surface area contributed by atoms with Crippen molar-refractivity contribution in [2.45, 2.75) is 32.6 Å². The van der Waals surface area contributed by atoms with E-state index in [9.17, 15) is 0 Å². The van der Waals surface area contributed by atoms with Gasteiger partial charge in [-0.05, 0) is 83.8 Å². The lowest BCUT2D eigenvalue weighted by Crippen LogP contribution is -2.31. The average Bonchev–Trinajstić information content (AvgIpc) is 2.32. The maximum Gasteiger partial charge on any atom is 0.0130 e. The molecule has 1 fully saturated rings. The normalized spacial score (nSPS) is 29.2. The van der Waals surface area contributed by atoms with Crippen molar-refractivity contribution in [2.75, 3.05) is 6.54 Å². The molecule has 0 aliphatic heterocycles. The molecule has 1 aliphatic carbocycles. The summed E-state index contributed by atoms with van der Waals surface area (Å²) in [6, 6.07) is 8.96. The summed E-state index contributed by atoms with van der Waals surface area (Å²) in [5, 5.41) is 0. The van der Waals surface area contributed by atoms with Crippen molar-refractivity contribution < 1.29 is 0 Å².